The van der Waals surface area contributed by atoms with E-state index in [1.54, 1.807) is 14.2 Å². The SMILES string of the molecule is C=C1[C@H](C)C[C@H](CCCOC(c2ccccc2)(c2ccccc2)c2ccc(OC)cc2)O[C@@H]1C[C@@H]1O[C@H](C[C@@H](CO[Si](C)(C)C(C)(C)C)O[Si](C)(C)C(C)(C)C)[C@H](OC)[C@H]1CO. The smallest absolute Gasteiger partial charge is 0.192 e. The summed E-state index contributed by atoms with van der Waals surface area (Å²) >= 11 is 0. The molecule has 8 nitrogen and oxygen atoms in total. The van der Waals surface area contributed by atoms with Crippen LogP contribution in [0.5, 0.6) is 5.75 Å². The fourth-order valence-electron chi connectivity index (χ4n) is 8.68. The molecule has 2 aliphatic rings. The zero-order chi connectivity index (χ0) is 45.5. The molecule has 2 saturated heterocycles. The number of rotatable bonds is 20. The molecule has 8 atom stereocenters. The lowest BCUT2D eigenvalue weighted by Crippen LogP contribution is -2.49. The van der Waals surface area contributed by atoms with E-state index in [2.05, 4.69) is 142 Å². The molecule has 0 saturated carbocycles. The number of hydrogen-bond acceptors (Lipinski definition) is 8. The van der Waals surface area contributed by atoms with Gasteiger partial charge in [0, 0.05) is 32.5 Å². The summed E-state index contributed by atoms with van der Waals surface area (Å²) < 4.78 is 46.6. The standard InChI is InChI=1S/C52H80O8Si2/c1-37-32-43(26-21-31-56-52(39-22-17-15-18-23-39,40-24-19-16-20-25-40)41-27-29-42(54-9)30-28-41)58-46(38(37)2)34-47-45(35-53)49(55-10)48(59-47)33-44(60-62(13,14)51(6,7)8)36-57-61(11,12)50(3,4)5/h15-20,22-25,27-30,37,43-49,53H,2,21,26,31-36H2,1,3-14H3/t37-,43+,44+,45+,46-,47+,48-,49-/m1/s1. The number of aliphatic hydroxyl groups is 1. The summed E-state index contributed by atoms with van der Waals surface area (Å²) in [4.78, 5) is 0. The number of ether oxygens (including phenoxy) is 5. The maximum atomic E-state index is 10.9. The van der Waals surface area contributed by atoms with E-state index in [9.17, 15) is 5.11 Å². The zero-order valence-electron chi connectivity index (χ0n) is 40.4. The summed E-state index contributed by atoms with van der Waals surface area (Å²) in [6.45, 7) is 30.6. The lowest BCUT2D eigenvalue weighted by Gasteiger charge is -2.42. The van der Waals surface area contributed by atoms with Crippen LogP contribution in [0.1, 0.15) is 97.3 Å². The highest BCUT2D eigenvalue weighted by atomic mass is 28.4. The first-order chi connectivity index (χ1) is 29.2. The monoisotopic (exact) mass is 889 g/mol. The third kappa shape index (κ3) is 11.8. The molecule has 0 radical (unpaired) electrons. The molecular formula is C52H80O8Si2. The Hall–Kier alpha value is -2.65. The van der Waals surface area contributed by atoms with Crippen molar-refractivity contribution in [3.05, 3.63) is 114 Å². The second kappa shape index (κ2) is 21.1. The highest BCUT2D eigenvalue weighted by Gasteiger charge is 2.49. The van der Waals surface area contributed by atoms with E-state index in [0.717, 1.165) is 47.3 Å². The molecule has 5 rings (SSSR count). The Morgan fingerprint density at radius 2 is 1.34 bits per heavy atom. The molecule has 2 aliphatic heterocycles. The van der Waals surface area contributed by atoms with Gasteiger partial charge in [-0.15, -0.1) is 0 Å². The maximum Gasteiger partial charge on any atom is 0.192 e. The minimum Gasteiger partial charge on any atom is -0.497 e. The molecule has 344 valence electrons. The van der Waals surface area contributed by atoms with Crippen molar-refractivity contribution >= 4 is 16.6 Å². The number of methoxy groups -OCH3 is 2. The van der Waals surface area contributed by atoms with Crippen molar-refractivity contribution in [3.63, 3.8) is 0 Å². The topological polar surface area (TPSA) is 84.8 Å². The summed E-state index contributed by atoms with van der Waals surface area (Å²) in [5.41, 5.74) is 3.45. The Balaban J connectivity index is 1.29. The summed E-state index contributed by atoms with van der Waals surface area (Å²) in [6.07, 6.45) is 2.65. The average molecular weight is 889 g/mol. The molecule has 2 heterocycles. The lowest BCUT2D eigenvalue weighted by molar-refractivity contribution is -0.0794. The van der Waals surface area contributed by atoms with E-state index in [1.165, 1.54) is 0 Å². The first kappa shape index (κ1) is 50.4. The van der Waals surface area contributed by atoms with E-state index < -0.39 is 22.2 Å². The van der Waals surface area contributed by atoms with Gasteiger partial charge in [-0.1, -0.05) is 128 Å². The number of benzene rings is 3. The fraction of sp³-hybridized carbons (Fsp3) is 0.615. The van der Waals surface area contributed by atoms with Crippen LogP contribution < -0.4 is 4.74 Å². The van der Waals surface area contributed by atoms with Gasteiger partial charge >= 0.3 is 0 Å². The van der Waals surface area contributed by atoms with Crippen molar-refractivity contribution in [2.75, 3.05) is 34.0 Å². The van der Waals surface area contributed by atoms with Crippen molar-refractivity contribution in [3.8, 4) is 5.75 Å². The molecule has 0 aliphatic carbocycles. The molecule has 0 unspecified atom stereocenters. The summed E-state index contributed by atoms with van der Waals surface area (Å²) in [5.74, 6) is 0.878. The highest BCUT2D eigenvalue weighted by molar-refractivity contribution is 6.74. The van der Waals surface area contributed by atoms with Gasteiger partial charge in [0.15, 0.2) is 16.6 Å². The van der Waals surface area contributed by atoms with Gasteiger partial charge in [-0.2, -0.15) is 0 Å². The molecule has 10 heteroatoms. The third-order valence-corrected chi connectivity index (χ3v) is 23.6. The Kier molecular flexibility index (Phi) is 17.1. The lowest BCUT2D eigenvalue weighted by atomic mass is 9.80. The van der Waals surface area contributed by atoms with Crippen LogP contribution in [0.3, 0.4) is 0 Å². The number of aliphatic hydroxyl groups excluding tert-OH is 1. The van der Waals surface area contributed by atoms with E-state index in [4.69, 9.17) is 32.5 Å². The molecule has 2 fully saturated rings. The fourth-order valence-corrected chi connectivity index (χ4v) is 11.1. The molecule has 3 aromatic carbocycles. The van der Waals surface area contributed by atoms with Crippen molar-refractivity contribution in [2.45, 2.75) is 159 Å². The summed E-state index contributed by atoms with van der Waals surface area (Å²) in [7, 11) is -0.771. The Morgan fingerprint density at radius 3 is 1.85 bits per heavy atom. The van der Waals surface area contributed by atoms with Crippen LogP contribution in [0.15, 0.2) is 97.1 Å². The van der Waals surface area contributed by atoms with Crippen molar-refractivity contribution < 1.29 is 37.6 Å². The molecule has 0 aromatic heterocycles. The van der Waals surface area contributed by atoms with Crippen molar-refractivity contribution in [1.29, 1.82) is 0 Å². The van der Waals surface area contributed by atoms with Crippen LogP contribution in [-0.4, -0.2) is 92.4 Å². The van der Waals surface area contributed by atoms with Crippen molar-refractivity contribution in [2.24, 2.45) is 11.8 Å². The van der Waals surface area contributed by atoms with Gasteiger partial charge in [-0.25, -0.2) is 0 Å². The Morgan fingerprint density at radius 1 is 0.774 bits per heavy atom. The largest absolute Gasteiger partial charge is 0.497 e. The van der Waals surface area contributed by atoms with Crippen LogP contribution >= 0.6 is 0 Å². The Labute approximate surface area is 377 Å². The molecule has 0 spiro atoms. The normalized spacial score (nSPS) is 24.6. The molecule has 0 bridgehead atoms. The van der Waals surface area contributed by atoms with Crippen molar-refractivity contribution in [1.82, 2.24) is 0 Å². The molecule has 0 amide bonds. The predicted molar refractivity (Wildman–Crippen MR) is 257 cm³/mol. The van der Waals surface area contributed by atoms with Gasteiger partial charge < -0.3 is 37.6 Å². The molecule has 3 aromatic rings. The van der Waals surface area contributed by atoms with Gasteiger partial charge in [-0.3, -0.25) is 0 Å². The third-order valence-electron chi connectivity index (χ3n) is 14.6. The Bertz CT molecular complexity index is 1780. The first-order valence-corrected chi connectivity index (χ1v) is 28.8. The van der Waals surface area contributed by atoms with Gasteiger partial charge in [0.1, 0.15) is 11.4 Å². The molecule has 1 N–H and O–H groups in total. The quantitative estimate of drug-likeness (QED) is 0.0520. The van der Waals surface area contributed by atoms with Gasteiger partial charge in [0.2, 0.25) is 0 Å². The minimum absolute atomic E-state index is 0.0331. The van der Waals surface area contributed by atoms with E-state index in [0.29, 0.717) is 26.1 Å². The van der Waals surface area contributed by atoms with Crippen LogP contribution in [0, 0.1) is 11.8 Å². The first-order valence-electron chi connectivity index (χ1n) is 23.0. The van der Waals surface area contributed by atoms with E-state index in [-0.39, 0.29) is 65.1 Å². The van der Waals surface area contributed by atoms with Crippen LogP contribution in [-0.2, 0) is 33.4 Å². The van der Waals surface area contributed by atoms with Crippen LogP contribution in [0.2, 0.25) is 36.3 Å². The average Bonchev–Trinajstić information content (AvgIpc) is 3.56. The zero-order valence-corrected chi connectivity index (χ0v) is 42.4. The molecule has 62 heavy (non-hydrogen) atoms. The second-order valence-corrected chi connectivity index (χ2v) is 30.5. The van der Waals surface area contributed by atoms with Crippen LogP contribution in [0.4, 0.5) is 0 Å². The minimum atomic E-state index is -2.15. The summed E-state index contributed by atoms with van der Waals surface area (Å²) in [5, 5.41) is 11.0. The van der Waals surface area contributed by atoms with Gasteiger partial charge in [-0.05, 0) is 95.8 Å². The predicted octanol–water partition coefficient (Wildman–Crippen LogP) is 11.7. The van der Waals surface area contributed by atoms with E-state index >= 15 is 0 Å². The maximum absolute atomic E-state index is 10.9. The summed E-state index contributed by atoms with van der Waals surface area (Å²) in [6, 6.07) is 29.2. The second-order valence-electron chi connectivity index (χ2n) is 20.9. The number of hydrogen-bond donors (Lipinski definition) is 1. The van der Waals surface area contributed by atoms with Gasteiger partial charge in [0.05, 0.1) is 56.9 Å². The molecular weight excluding hydrogens is 809 g/mol. The highest BCUT2D eigenvalue weighted by Crippen LogP contribution is 2.44. The van der Waals surface area contributed by atoms with E-state index in [1.807, 2.05) is 24.3 Å². The van der Waals surface area contributed by atoms with Crippen LogP contribution in [0.25, 0.3) is 0 Å². The van der Waals surface area contributed by atoms with Gasteiger partial charge in [0.25, 0.3) is 0 Å².